The van der Waals surface area contributed by atoms with Gasteiger partial charge in [-0.25, -0.2) is 0 Å². The van der Waals surface area contributed by atoms with Crippen LogP contribution in [0.15, 0.2) is 53.7 Å². The molecule has 0 fully saturated rings. The van der Waals surface area contributed by atoms with E-state index in [1.165, 1.54) is 0 Å². The smallest absolute Gasteiger partial charge is 0.222 e. The van der Waals surface area contributed by atoms with E-state index in [-0.39, 0.29) is 11.6 Å². The molecule has 0 saturated carbocycles. The summed E-state index contributed by atoms with van der Waals surface area (Å²) in [5.41, 5.74) is 0.859. The fourth-order valence-corrected chi connectivity index (χ4v) is 2.73. The van der Waals surface area contributed by atoms with Crippen LogP contribution in [0.3, 0.4) is 0 Å². The van der Waals surface area contributed by atoms with E-state index in [9.17, 15) is 10.0 Å². The molecule has 1 heterocycles. The number of ether oxygens (including phenoxy) is 2. The average Bonchev–Trinajstić information content (AvgIpc) is 2.90. The number of nitroso groups, excluding NO2 is 1. The van der Waals surface area contributed by atoms with Crippen molar-refractivity contribution >= 4 is 16.6 Å². The van der Waals surface area contributed by atoms with Crippen molar-refractivity contribution < 1.29 is 14.6 Å². The van der Waals surface area contributed by atoms with E-state index in [1.54, 1.807) is 17.7 Å². The number of aryl methyl sites for hydroxylation is 1. The van der Waals surface area contributed by atoms with Crippen molar-refractivity contribution in [2.45, 2.75) is 13.0 Å². The van der Waals surface area contributed by atoms with Gasteiger partial charge < -0.3 is 19.1 Å². The van der Waals surface area contributed by atoms with E-state index < -0.39 is 0 Å². The molecule has 24 heavy (non-hydrogen) atoms. The molecule has 0 spiro atoms. The largest absolute Gasteiger partial charge is 0.493 e. The first kappa shape index (κ1) is 15.9. The maximum atomic E-state index is 11.0. The first-order chi connectivity index (χ1) is 11.8. The Balaban J connectivity index is 1.70. The molecule has 0 radical (unpaired) electrons. The molecular formula is C18H18N2O4. The maximum Gasteiger partial charge on any atom is 0.222 e. The summed E-state index contributed by atoms with van der Waals surface area (Å²) in [7, 11) is 1.60. The van der Waals surface area contributed by atoms with Crippen LogP contribution in [0.25, 0.3) is 10.9 Å². The Hall–Kier alpha value is -3.02. The summed E-state index contributed by atoms with van der Waals surface area (Å²) in [4.78, 5) is 11.0. The number of hydrogen-bond donors (Lipinski definition) is 1. The van der Waals surface area contributed by atoms with E-state index in [0.29, 0.717) is 36.5 Å². The molecule has 6 nitrogen and oxygen atoms in total. The molecule has 0 unspecified atom stereocenters. The lowest BCUT2D eigenvalue weighted by atomic mass is 10.2. The highest BCUT2D eigenvalue weighted by Crippen LogP contribution is 2.38. The minimum atomic E-state index is -0.108. The number of aromatic nitrogens is 1. The summed E-state index contributed by atoms with van der Waals surface area (Å²) in [6.07, 6.45) is 0.655. The zero-order chi connectivity index (χ0) is 16.9. The zero-order valence-corrected chi connectivity index (χ0v) is 13.3. The maximum absolute atomic E-state index is 11.0. The monoisotopic (exact) mass is 326 g/mol. The molecule has 0 saturated heterocycles. The molecule has 0 atom stereocenters. The third-order valence-corrected chi connectivity index (χ3v) is 3.86. The Labute approximate surface area is 139 Å². The van der Waals surface area contributed by atoms with Crippen LogP contribution in [0.1, 0.15) is 6.42 Å². The lowest BCUT2D eigenvalue weighted by Crippen LogP contribution is -2.04. The lowest BCUT2D eigenvalue weighted by molar-refractivity contribution is 0.280. The Morgan fingerprint density at radius 1 is 1.08 bits per heavy atom. The van der Waals surface area contributed by atoms with Gasteiger partial charge in [0, 0.05) is 11.9 Å². The van der Waals surface area contributed by atoms with Crippen LogP contribution in [0.2, 0.25) is 0 Å². The number of hydrogen-bond acceptors (Lipinski definition) is 5. The second kappa shape index (κ2) is 7.04. The van der Waals surface area contributed by atoms with Gasteiger partial charge in [0.2, 0.25) is 5.88 Å². The van der Waals surface area contributed by atoms with E-state index >= 15 is 0 Å². The molecular weight excluding hydrogens is 308 g/mol. The van der Waals surface area contributed by atoms with Crippen molar-refractivity contribution in [1.82, 2.24) is 4.57 Å². The minimum absolute atomic E-state index is 0.0799. The van der Waals surface area contributed by atoms with Crippen molar-refractivity contribution in [3.8, 4) is 17.4 Å². The van der Waals surface area contributed by atoms with Crippen molar-refractivity contribution in [3.05, 3.63) is 53.4 Å². The molecule has 0 aliphatic rings. The quantitative estimate of drug-likeness (QED) is 0.521. The SMILES string of the molecule is COc1ccccc1OCCCn1c(O)c(N=O)c2ccccc21. The van der Waals surface area contributed by atoms with E-state index in [1.807, 2.05) is 42.5 Å². The topological polar surface area (TPSA) is 73.1 Å². The van der Waals surface area contributed by atoms with Gasteiger partial charge in [0.05, 0.1) is 19.2 Å². The molecule has 6 heteroatoms. The number of benzene rings is 2. The predicted octanol–water partition coefficient (Wildman–Crippen LogP) is 4.22. The Morgan fingerprint density at radius 2 is 1.79 bits per heavy atom. The van der Waals surface area contributed by atoms with Crippen molar-refractivity contribution in [2.75, 3.05) is 13.7 Å². The summed E-state index contributed by atoms with van der Waals surface area (Å²) in [5.74, 6) is 1.25. The van der Waals surface area contributed by atoms with Gasteiger partial charge in [-0.2, -0.15) is 0 Å². The van der Waals surface area contributed by atoms with Crippen LogP contribution in [-0.2, 0) is 6.54 Å². The third kappa shape index (κ3) is 2.90. The Kier molecular flexibility index (Phi) is 4.65. The van der Waals surface area contributed by atoms with Crippen LogP contribution in [0, 0.1) is 4.91 Å². The Bertz CT molecular complexity index is 857. The van der Waals surface area contributed by atoms with Gasteiger partial charge >= 0.3 is 0 Å². The fraction of sp³-hybridized carbons (Fsp3) is 0.222. The summed E-state index contributed by atoms with van der Waals surface area (Å²) in [6.45, 7) is 0.965. The minimum Gasteiger partial charge on any atom is -0.493 e. The van der Waals surface area contributed by atoms with E-state index in [2.05, 4.69) is 5.18 Å². The molecule has 0 aliphatic carbocycles. The van der Waals surface area contributed by atoms with Crippen LogP contribution in [0.5, 0.6) is 17.4 Å². The molecule has 3 rings (SSSR count). The summed E-state index contributed by atoms with van der Waals surface area (Å²) >= 11 is 0. The second-order valence-electron chi connectivity index (χ2n) is 5.29. The number of rotatable bonds is 7. The standard InChI is InChI=1S/C18H18N2O4/c1-23-15-9-4-5-10-16(15)24-12-6-11-20-14-8-3-2-7-13(14)17(19-22)18(20)21/h2-5,7-10,21H,6,11-12H2,1H3. The highest BCUT2D eigenvalue weighted by Gasteiger charge is 2.16. The number of aromatic hydroxyl groups is 1. The molecule has 124 valence electrons. The molecule has 3 aromatic rings. The normalized spacial score (nSPS) is 10.7. The van der Waals surface area contributed by atoms with Gasteiger partial charge in [-0.3, -0.25) is 0 Å². The van der Waals surface area contributed by atoms with Crippen molar-refractivity contribution in [1.29, 1.82) is 0 Å². The molecule has 1 N–H and O–H groups in total. The lowest BCUT2D eigenvalue weighted by Gasteiger charge is -2.11. The highest BCUT2D eigenvalue weighted by molar-refractivity contribution is 5.94. The second-order valence-corrected chi connectivity index (χ2v) is 5.29. The van der Waals surface area contributed by atoms with Crippen LogP contribution in [-0.4, -0.2) is 23.4 Å². The summed E-state index contributed by atoms with van der Waals surface area (Å²) < 4.78 is 12.6. The van der Waals surface area contributed by atoms with Gasteiger partial charge in [-0.1, -0.05) is 30.3 Å². The molecule has 0 aliphatic heterocycles. The molecule has 0 bridgehead atoms. The number of nitrogens with zero attached hydrogens (tertiary/aromatic N) is 2. The van der Waals surface area contributed by atoms with Crippen molar-refractivity contribution in [3.63, 3.8) is 0 Å². The van der Waals surface area contributed by atoms with Gasteiger partial charge in [-0.15, -0.1) is 4.91 Å². The van der Waals surface area contributed by atoms with Crippen LogP contribution < -0.4 is 9.47 Å². The third-order valence-electron chi connectivity index (χ3n) is 3.86. The first-order valence-corrected chi connectivity index (χ1v) is 7.65. The summed E-state index contributed by atoms with van der Waals surface area (Å²) in [6, 6.07) is 14.7. The van der Waals surface area contributed by atoms with Gasteiger partial charge in [0.25, 0.3) is 0 Å². The summed E-state index contributed by atoms with van der Waals surface area (Å²) in [5, 5.41) is 13.8. The fourth-order valence-electron chi connectivity index (χ4n) is 2.73. The highest BCUT2D eigenvalue weighted by atomic mass is 16.5. The van der Waals surface area contributed by atoms with Crippen molar-refractivity contribution in [2.24, 2.45) is 5.18 Å². The molecule has 1 aromatic heterocycles. The van der Waals surface area contributed by atoms with E-state index in [0.717, 1.165) is 5.52 Å². The first-order valence-electron chi connectivity index (χ1n) is 7.65. The average molecular weight is 326 g/mol. The van der Waals surface area contributed by atoms with Gasteiger partial charge in [-0.05, 0) is 29.8 Å². The van der Waals surface area contributed by atoms with Gasteiger partial charge in [0.15, 0.2) is 17.2 Å². The number of fused-ring (bicyclic) bond motifs is 1. The zero-order valence-electron chi connectivity index (χ0n) is 13.3. The number of methoxy groups -OCH3 is 1. The van der Waals surface area contributed by atoms with Gasteiger partial charge in [0.1, 0.15) is 0 Å². The number of para-hydroxylation sites is 3. The van der Waals surface area contributed by atoms with Crippen LogP contribution >= 0.6 is 0 Å². The van der Waals surface area contributed by atoms with E-state index in [4.69, 9.17) is 9.47 Å². The van der Waals surface area contributed by atoms with Crippen LogP contribution in [0.4, 0.5) is 5.69 Å². The predicted molar refractivity (Wildman–Crippen MR) is 92.2 cm³/mol. The Morgan fingerprint density at radius 3 is 2.54 bits per heavy atom. The molecule has 0 amide bonds. The molecule has 2 aromatic carbocycles.